The van der Waals surface area contributed by atoms with Crippen molar-refractivity contribution in [2.75, 3.05) is 46.0 Å². The van der Waals surface area contributed by atoms with E-state index in [1.165, 1.54) is 0 Å². The largest absolute Gasteiger partial charge is 0.493 e. The summed E-state index contributed by atoms with van der Waals surface area (Å²) in [5, 5.41) is 7.22. The molecule has 1 aromatic heterocycles. The fraction of sp³-hybridized carbons (Fsp3) is 0.500. The molecular formula is C22H27ClN4O4. The van der Waals surface area contributed by atoms with Gasteiger partial charge in [-0.15, -0.1) is 0 Å². The molecule has 1 atom stereocenters. The quantitative estimate of drug-likeness (QED) is 0.737. The molecule has 1 N–H and O–H groups in total. The lowest BCUT2D eigenvalue weighted by molar-refractivity contribution is -0.139. The molecule has 0 spiro atoms. The summed E-state index contributed by atoms with van der Waals surface area (Å²) >= 11 is 6.09. The molecular weight excluding hydrogens is 420 g/mol. The number of rotatable bonds is 6. The first kappa shape index (κ1) is 21.6. The molecule has 2 amide bonds. The molecule has 8 nitrogen and oxygen atoms in total. The van der Waals surface area contributed by atoms with Crippen molar-refractivity contribution in [1.29, 1.82) is 0 Å². The maximum atomic E-state index is 13.1. The molecule has 2 aliphatic rings. The molecule has 2 saturated heterocycles. The van der Waals surface area contributed by atoms with Crippen LogP contribution in [0.3, 0.4) is 0 Å². The third kappa shape index (κ3) is 5.37. The van der Waals surface area contributed by atoms with Crippen molar-refractivity contribution >= 4 is 23.4 Å². The molecule has 3 heterocycles. The predicted octanol–water partition coefficient (Wildman–Crippen LogP) is 2.61. The van der Waals surface area contributed by atoms with Crippen molar-refractivity contribution in [3.05, 3.63) is 47.2 Å². The van der Waals surface area contributed by atoms with Gasteiger partial charge in [-0.2, -0.15) is 5.10 Å². The maximum absolute atomic E-state index is 13.1. The zero-order valence-electron chi connectivity index (χ0n) is 17.4. The first-order valence-corrected chi connectivity index (χ1v) is 11.0. The Balaban J connectivity index is 1.52. The van der Waals surface area contributed by atoms with Gasteiger partial charge in [0.25, 0.3) is 5.91 Å². The Kier molecular flexibility index (Phi) is 6.77. The second-order valence-electron chi connectivity index (χ2n) is 8.22. The number of nitrogens with zero attached hydrogens (tertiary/aromatic N) is 3. The van der Waals surface area contributed by atoms with Gasteiger partial charge in [0.15, 0.2) is 0 Å². The van der Waals surface area contributed by atoms with E-state index in [4.69, 9.17) is 21.1 Å². The van der Waals surface area contributed by atoms with Gasteiger partial charge in [-0.1, -0.05) is 17.7 Å². The number of aromatic nitrogens is 2. The van der Waals surface area contributed by atoms with Crippen LogP contribution in [0.5, 0.6) is 5.75 Å². The fourth-order valence-corrected chi connectivity index (χ4v) is 4.46. The van der Waals surface area contributed by atoms with Crippen LogP contribution in [0.25, 0.3) is 0 Å². The molecule has 0 aliphatic carbocycles. The summed E-state index contributed by atoms with van der Waals surface area (Å²) in [6.45, 7) is 3.73. The molecule has 2 aromatic rings. The highest BCUT2D eigenvalue weighted by Gasteiger charge is 2.41. The van der Waals surface area contributed by atoms with Gasteiger partial charge in [0.2, 0.25) is 5.91 Å². The lowest BCUT2D eigenvalue weighted by atomic mass is 9.77. The van der Waals surface area contributed by atoms with Gasteiger partial charge >= 0.3 is 0 Å². The topological polar surface area (TPSA) is 87.8 Å². The van der Waals surface area contributed by atoms with Crippen molar-refractivity contribution in [3.8, 4) is 5.75 Å². The first-order chi connectivity index (χ1) is 15.0. The van der Waals surface area contributed by atoms with Gasteiger partial charge < -0.3 is 19.3 Å². The van der Waals surface area contributed by atoms with E-state index in [-0.39, 0.29) is 11.8 Å². The van der Waals surface area contributed by atoms with E-state index in [0.717, 1.165) is 12.8 Å². The van der Waals surface area contributed by atoms with Crippen LogP contribution < -0.4 is 4.74 Å². The number of morpholine rings is 1. The van der Waals surface area contributed by atoms with Crippen LogP contribution in [0, 0.1) is 5.41 Å². The van der Waals surface area contributed by atoms with E-state index in [1.807, 2.05) is 17.0 Å². The summed E-state index contributed by atoms with van der Waals surface area (Å²) in [6.07, 6.45) is 3.49. The zero-order valence-corrected chi connectivity index (χ0v) is 18.1. The summed E-state index contributed by atoms with van der Waals surface area (Å²) in [5.74, 6) is 0.625. The van der Waals surface area contributed by atoms with Crippen LogP contribution in [-0.2, 0) is 9.53 Å². The van der Waals surface area contributed by atoms with Crippen LogP contribution in [0.1, 0.15) is 29.8 Å². The zero-order chi connectivity index (χ0) is 21.7. The number of carbonyl (C=O) groups excluding carboxylic acids is 2. The summed E-state index contributed by atoms with van der Waals surface area (Å²) in [5.41, 5.74) is -0.0305. The minimum absolute atomic E-state index is 0.0776. The van der Waals surface area contributed by atoms with Crippen molar-refractivity contribution < 1.29 is 19.1 Å². The van der Waals surface area contributed by atoms with Crippen molar-refractivity contribution in [1.82, 2.24) is 20.0 Å². The Morgan fingerprint density at radius 2 is 2.03 bits per heavy atom. The lowest BCUT2D eigenvalue weighted by Crippen LogP contribution is -2.52. The number of likely N-dealkylation sites (tertiary alicyclic amines) is 1. The van der Waals surface area contributed by atoms with E-state index in [1.54, 1.807) is 29.3 Å². The summed E-state index contributed by atoms with van der Waals surface area (Å²) in [6, 6.07) is 8.89. The van der Waals surface area contributed by atoms with Crippen molar-refractivity contribution in [2.24, 2.45) is 5.41 Å². The van der Waals surface area contributed by atoms with E-state index in [9.17, 15) is 9.59 Å². The first-order valence-electron chi connectivity index (χ1n) is 10.6. The Morgan fingerprint density at radius 3 is 2.77 bits per heavy atom. The Bertz CT molecular complexity index is 901. The Hall–Kier alpha value is -2.58. The molecule has 31 heavy (non-hydrogen) atoms. The monoisotopic (exact) mass is 446 g/mol. The fourth-order valence-electron chi connectivity index (χ4n) is 4.28. The van der Waals surface area contributed by atoms with Crippen LogP contribution in [0.15, 0.2) is 36.5 Å². The molecule has 0 saturated carbocycles. The van der Waals surface area contributed by atoms with Gasteiger partial charge in [-0.25, -0.2) is 0 Å². The molecule has 1 unspecified atom stereocenters. The number of piperidine rings is 1. The minimum Gasteiger partial charge on any atom is -0.493 e. The summed E-state index contributed by atoms with van der Waals surface area (Å²) < 4.78 is 11.5. The molecule has 2 aliphatic heterocycles. The lowest BCUT2D eigenvalue weighted by Gasteiger charge is -2.43. The van der Waals surface area contributed by atoms with E-state index >= 15 is 0 Å². The number of H-pyrrole nitrogens is 1. The number of aromatic amines is 1. The second kappa shape index (κ2) is 9.70. The Morgan fingerprint density at radius 1 is 1.19 bits per heavy atom. The molecule has 9 heteroatoms. The molecule has 0 bridgehead atoms. The number of amides is 2. The predicted molar refractivity (Wildman–Crippen MR) is 115 cm³/mol. The summed E-state index contributed by atoms with van der Waals surface area (Å²) in [4.78, 5) is 29.7. The average molecular weight is 447 g/mol. The van der Waals surface area contributed by atoms with E-state index in [0.29, 0.717) is 68.9 Å². The van der Waals surface area contributed by atoms with E-state index < -0.39 is 5.41 Å². The normalized spacial score (nSPS) is 21.7. The van der Waals surface area contributed by atoms with E-state index in [2.05, 4.69) is 10.2 Å². The van der Waals surface area contributed by atoms with Gasteiger partial charge in [-0.05, 0) is 37.1 Å². The standard InChI is InChI=1S/C22H27ClN4O4/c23-17-3-1-4-18(13-17)31-16-22(14-20(28)26-9-11-30-12-10-26)6-2-8-27(15-22)21(29)19-5-7-24-25-19/h1,3-5,7,13H,2,6,8-12,14-16H2,(H,24,25). The number of ether oxygens (including phenoxy) is 2. The molecule has 0 radical (unpaired) electrons. The third-order valence-corrected chi connectivity index (χ3v) is 6.15. The van der Waals surface area contributed by atoms with Gasteiger partial charge in [0.05, 0.1) is 19.8 Å². The maximum Gasteiger partial charge on any atom is 0.271 e. The van der Waals surface area contributed by atoms with Crippen LogP contribution >= 0.6 is 11.6 Å². The molecule has 2 fully saturated rings. The number of nitrogens with one attached hydrogen (secondary N) is 1. The number of benzene rings is 1. The number of hydrogen-bond donors (Lipinski definition) is 1. The van der Waals surface area contributed by atoms with Crippen LogP contribution in [0.2, 0.25) is 5.02 Å². The minimum atomic E-state index is -0.481. The smallest absolute Gasteiger partial charge is 0.271 e. The van der Waals surface area contributed by atoms with Crippen molar-refractivity contribution in [3.63, 3.8) is 0 Å². The third-order valence-electron chi connectivity index (χ3n) is 5.91. The SMILES string of the molecule is O=C(CC1(COc2cccc(Cl)c2)CCCN(C(=O)c2ccn[nH]2)C1)N1CCOCC1. The highest BCUT2D eigenvalue weighted by Crippen LogP contribution is 2.36. The molecule has 1 aromatic carbocycles. The van der Waals surface area contributed by atoms with Crippen LogP contribution in [0.4, 0.5) is 0 Å². The Labute approximate surface area is 186 Å². The molecule has 4 rings (SSSR count). The van der Waals surface area contributed by atoms with Crippen molar-refractivity contribution in [2.45, 2.75) is 19.3 Å². The number of hydrogen-bond acceptors (Lipinski definition) is 5. The average Bonchev–Trinajstić information content (AvgIpc) is 3.33. The number of carbonyl (C=O) groups is 2. The molecule has 166 valence electrons. The highest BCUT2D eigenvalue weighted by molar-refractivity contribution is 6.30. The second-order valence-corrected chi connectivity index (χ2v) is 8.65. The van der Waals surface area contributed by atoms with Crippen LogP contribution in [-0.4, -0.2) is 77.8 Å². The summed E-state index contributed by atoms with van der Waals surface area (Å²) in [7, 11) is 0. The van der Waals surface area contributed by atoms with Gasteiger partial charge in [0, 0.05) is 49.2 Å². The highest BCUT2D eigenvalue weighted by atomic mass is 35.5. The van der Waals surface area contributed by atoms with Gasteiger partial charge in [0.1, 0.15) is 11.4 Å². The number of halogens is 1. The van der Waals surface area contributed by atoms with Gasteiger partial charge in [-0.3, -0.25) is 14.7 Å².